The molecule has 0 saturated carbocycles. The number of hydrogen-bond donors (Lipinski definition) is 1. The van der Waals surface area contributed by atoms with Crippen molar-refractivity contribution >= 4 is 27.5 Å². The van der Waals surface area contributed by atoms with Crippen molar-refractivity contribution in [3.05, 3.63) is 64.7 Å². The van der Waals surface area contributed by atoms with Crippen LogP contribution in [0.5, 0.6) is 0 Å². The number of sulfonamides is 1. The zero-order valence-electron chi connectivity index (χ0n) is 22.0. The highest BCUT2D eigenvalue weighted by atomic mass is 32.2. The van der Waals surface area contributed by atoms with Crippen LogP contribution in [0.4, 0.5) is 5.69 Å². The van der Waals surface area contributed by atoms with E-state index in [1.54, 1.807) is 6.07 Å². The Balaban J connectivity index is 2.46. The van der Waals surface area contributed by atoms with Gasteiger partial charge < -0.3 is 10.2 Å². The van der Waals surface area contributed by atoms with Crippen LogP contribution < -0.4 is 9.62 Å². The molecule has 0 heterocycles. The second kappa shape index (κ2) is 12.2. The fraction of sp³-hybridized carbons (Fsp3) is 0.481. The normalized spacial score (nSPS) is 13.1. The molecule has 2 amide bonds. The summed E-state index contributed by atoms with van der Waals surface area (Å²) in [5, 5.41) is 2.98. The van der Waals surface area contributed by atoms with Crippen molar-refractivity contribution < 1.29 is 18.0 Å². The predicted octanol–water partition coefficient (Wildman–Crippen LogP) is 4.10. The smallest absolute Gasteiger partial charge is 0.244 e. The van der Waals surface area contributed by atoms with E-state index in [4.69, 9.17) is 0 Å². The molecule has 0 radical (unpaired) electrons. The number of benzene rings is 2. The monoisotopic (exact) mass is 501 g/mol. The van der Waals surface area contributed by atoms with Gasteiger partial charge in [0.1, 0.15) is 12.6 Å². The van der Waals surface area contributed by atoms with Gasteiger partial charge in [-0.15, -0.1) is 0 Å². The van der Waals surface area contributed by atoms with Gasteiger partial charge in [-0.25, -0.2) is 8.42 Å². The standard InChI is InChI=1S/C27H39N3O4S/c1-8-22(6)28-27(32)24(9-2)29(17-23-13-10-19(3)11-14-23)26(31)18-30(35(7,33)34)25-15-12-20(4)16-21(25)5/h10-16,22,24H,8-9,17-18H2,1-7H3,(H,28,32)/t22-,24-/m1/s1. The van der Waals surface area contributed by atoms with E-state index in [-0.39, 0.29) is 25.0 Å². The van der Waals surface area contributed by atoms with Crippen molar-refractivity contribution in [3.8, 4) is 0 Å². The van der Waals surface area contributed by atoms with Crippen LogP contribution in [0.1, 0.15) is 55.9 Å². The molecular formula is C27H39N3O4S. The molecule has 0 fully saturated rings. The van der Waals surface area contributed by atoms with E-state index in [0.29, 0.717) is 12.1 Å². The first kappa shape index (κ1) is 28.4. The topological polar surface area (TPSA) is 86.8 Å². The fourth-order valence-electron chi connectivity index (χ4n) is 3.93. The highest BCUT2D eigenvalue weighted by Crippen LogP contribution is 2.24. The average Bonchev–Trinajstić information content (AvgIpc) is 2.78. The molecule has 2 aromatic rings. The average molecular weight is 502 g/mol. The number of rotatable bonds is 11. The number of anilines is 1. The van der Waals surface area contributed by atoms with Crippen LogP contribution in [0.25, 0.3) is 0 Å². The minimum absolute atomic E-state index is 0.0318. The maximum absolute atomic E-state index is 13.7. The van der Waals surface area contributed by atoms with Crippen molar-refractivity contribution in [2.45, 2.75) is 73.0 Å². The van der Waals surface area contributed by atoms with E-state index in [9.17, 15) is 18.0 Å². The largest absolute Gasteiger partial charge is 0.352 e. The van der Waals surface area contributed by atoms with Crippen molar-refractivity contribution in [1.82, 2.24) is 10.2 Å². The number of aryl methyl sites for hydroxylation is 3. The quantitative estimate of drug-likeness (QED) is 0.502. The number of hydrogen-bond acceptors (Lipinski definition) is 4. The molecule has 1 N–H and O–H groups in total. The molecule has 35 heavy (non-hydrogen) atoms. The van der Waals surface area contributed by atoms with Crippen molar-refractivity contribution in [1.29, 1.82) is 0 Å². The van der Waals surface area contributed by atoms with E-state index >= 15 is 0 Å². The van der Waals surface area contributed by atoms with Gasteiger partial charge in [-0.2, -0.15) is 0 Å². The second-order valence-electron chi connectivity index (χ2n) is 9.31. The molecule has 8 heteroatoms. The second-order valence-corrected chi connectivity index (χ2v) is 11.2. The molecular weight excluding hydrogens is 462 g/mol. The summed E-state index contributed by atoms with van der Waals surface area (Å²) in [4.78, 5) is 28.4. The summed E-state index contributed by atoms with van der Waals surface area (Å²) in [6, 6.07) is 12.4. The Morgan fingerprint density at radius 2 is 1.54 bits per heavy atom. The van der Waals surface area contributed by atoms with E-state index < -0.39 is 22.0 Å². The maximum Gasteiger partial charge on any atom is 0.244 e. The molecule has 0 spiro atoms. The summed E-state index contributed by atoms with van der Waals surface area (Å²) >= 11 is 0. The molecule has 0 aliphatic rings. The predicted molar refractivity (Wildman–Crippen MR) is 142 cm³/mol. The third kappa shape index (κ3) is 7.82. The Hall–Kier alpha value is -2.87. The lowest BCUT2D eigenvalue weighted by Gasteiger charge is -2.33. The van der Waals surface area contributed by atoms with E-state index in [1.165, 1.54) is 4.90 Å². The van der Waals surface area contributed by atoms with Crippen LogP contribution >= 0.6 is 0 Å². The van der Waals surface area contributed by atoms with Gasteiger partial charge in [0.2, 0.25) is 21.8 Å². The lowest BCUT2D eigenvalue weighted by molar-refractivity contribution is -0.140. The van der Waals surface area contributed by atoms with Gasteiger partial charge in [0, 0.05) is 12.6 Å². The number of carbonyl (C=O) groups excluding carboxylic acids is 2. The van der Waals surface area contributed by atoms with Crippen LogP contribution in [0.3, 0.4) is 0 Å². The van der Waals surface area contributed by atoms with Gasteiger partial charge >= 0.3 is 0 Å². The Bertz CT molecular complexity index is 1130. The Labute approximate surface area is 210 Å². The lowest BCUT2D eigenvalue weighted by atomic mass is 10.1. The third-order valence-corrected chi connectivity index (χ3v) is 7.29. The number of amides is 2. The maximum atomic E-state index is 13.7. The minimum Gasteiger partial charge on any atom is -0.352 e. The van der Waals surface area contributed by atoms with Gasteiger partial charge in [-0.1, -0.05) is 61.4 Å². The van der Waals surface area contributed by atoms with Gasteiger partial charge in [-0.05, 0) is 57.7 Å². The van der Waals surface area contributed by atoms with E-state index in [1.807, 2.05) is 77.9 Å². The number of carbonyl (C=O) groups is 2. The number of nitrogens with zero attached hydrogens (tertiary/aromatic N) is 2. The molecule has 7 nitrogen and oxygen atoms in total. The summed E-state index contributed by atoms with van der Waals surface area (Å²) in [5.74, 6) is -0.665. The first-order valence-electron chi connectivity index (χ1n) is 12.1. The molecule has 0 aliphatic heterocycles. The summed E-state index contributed by atoms with van der Waals surface area (Å²) in [7, 11) is -3.75. The summed E-state index contributed by atoms with van der Waals surface area (Å²) < 4.78 is 26.6. The van der Waals surface area contributed by atoms with Crippen molar-refractivity contribution in [2.75, 3.05) is 17.1 Å². The molecule has 0 bridgehead atoms. The van der Waals surface area contributed by atoms with E-state index in [0.717, 1.165) is 39.2 Å². The zero-order valence-corrected chi connectivity index (χ0v) is 22.8. The summed E-state index contributed by atoms with van der Waals surface area (Å²) in [6.45, 7) is 11.3. The summed E-state index contributed by atoms with van der Waals surface area (Å²) in [5.41, 5.74) is 4.18. The fourth-order valence-corrected chi connectivity index (χ4v) is 4.84. The molecule has 2 atom stereocenters. The Kier molecular flexibility index (Phi) is 9.89. The molecule has 0 aromatic heterocycles. The molecule has 2 aromatic carbocycles. The molecule has 0 aliphatic carbocycles. The van der Waals surface area contributed by atoms with Gasteiger partial charge in [-0.3, -0.25) is 13.9 Å². The minimum atomic E-state index is -3.75. The van der Waals surface area contributed by atoms with Crippen molar-refractivity contribution in [2.24, 2.45) is 0 Å². The molecule has 192 valence electrons. The first-order chi connectivity index (χ1) is 16.4. The first-order valence-corrected chi connectivity index (χ1v) is 13.9. The van der Waals surface area contributed by atoms with Crippen LogP contribution in [-0.4, -0.2) is 50.0 Å². The molecule has 0 unspecified atom stereocenters. The highest BCUT2D eigenvalue weighted by molar-refractivity contribution is 7.92. The Morgan fingerprint density at radius 1 is 0.943 bits per heavy atom. The molecule has 2 rings (SSSR count). The van der Waals surface area contributed by atoms with Crippen LogP contribution in [-0.2, 0) is 26.2 Å². The lowest BCUT2D eigenvalue weighted by Crippen LogP contribution is -2.53. The van der Waals surface area contributed by atoms with E-state index in [2.05, 4.69) is 5.32 Å². The number of nitrogens with one attached hydrogen (secondary N) is 1. The van der Waals surface area contributed by atoms with Gasteiger partial charge in [0.05, 0.1) is 11.9 Å². The van der Waals surface area contributed by atoms with Crippen LogP contribution in [0, 0.1) is 20.8 Å². The highest BCUT2D eigenvalue weighted by Gasteiger charge is 2.32. The van der Waals surface area contributed by atoms with Gasteiger partial charge in [0.25, 0.3) is 0 Å². The SMILES string of the molecule is CC[C@@H](C)NC(=O)[C@@H](CC)N(Cc1ccc(C)cc1)C(=O)CN(c1ccc(C)cc1C)S(C)(=O)=O. The van der Waals surface area contributed by atoms with Crippen LogP contribution in [0.15, 0.2) is 42.5 Å². The third-order valence-electron chi connectivity index (χ3n) is 6.16. The van der Waals surface area contributed by atoms with Gasteiger partial charge in [0.15, 0.2) is 0 Å². The summed E-state index contributed by atoms with van der Waals surface area (Å²) in [6.07, 6.45) is 2.27. The van der Waals surface area contributed by atoms with Crippen molar-refractivity contribution in [3.63, 3.8) is 0 Å². The van der Waals surface area contributed by atoms with Crippen LogP contribution in [0.2, 0.25) is 0 Å². The Morgan fingerprint density at radius 3 is 2.06 bits per heavy atom. The zero-order chi connectivity index (χ0) is 26.3. The molecule has 0 saturated heterocycles.